The van der Waals surface area contributed by atoms with E-state index in [2.05, 4.69) is 22.8 Å². The third-order valence-electron chi connectivity index (χ3n) is 2.87. The van der Waals surface area contributed by atoms with Crippen LogP contribution in [0.4, 0.5) is 0 Å². The molecule has 3 aromatic rings. The van der Waals surface area contributed by atoms with Gasteiger partial charge in [-0.05, 0) is 0 Å². The van der Waals surface area contributed by atoms with Gasteiger partial charge in [0.1, 0.15) is 0 Å². The van der Waals surface area contributed by atoms with Gasteiger partial charge < -0.3 is 0 Å². The van der Waals surface area contributed by atoms with Crippen molar-refractivity contribution in [3.63, 3.8) is 0 Å². The molecule has 2 heterocycles. The fourth-order valence-corrected chi connectivity index (χ4v) is 4.55. The molecule has 0 atom stereocenters. The van der Waals surface area contributed by atoms with E-state index >= 15 is 0 Å². The van der Waals surface area contributed by atoms with Gasteiger partial charge in [-0.1, -0.05) is 0 Å². The fraction of sp³-hybridized carbons (Fsp3) is 0.154. The van der Waals surface area contributed by atoms with Gasteiger partial charge in [-0.2, -0.15) is 0 Å². The Morgan fingerprint density at radius 3 is 2.81 bits per heavy atom. The van der Waals surface area contributed by atoms with Crippen molar-refractivity contribution in [2.45, 2.75) is 6.92 Å². The second-order valence-corrected chi connectivity index (χ2v) is 6.15. The molecule has 0 saturated heterocycles. The Morgan fingerprint density at radius 2 is 2.06 bits per heavy atom. The van der Waals surface area contributed by atoms with E-state index in [4.69, 9.17) is 0 Å². The molecule has 0 amide bonds. The van der Waals surface area contributed by atoms with Crippen molar-refractivity contribution in [2.75, 3.05) is 0 Å². The summed E-state index contributed by atoms with van der Waals surface area (Å²) >= 11 is 0.342. The van der Waals surface area contributed by atoms with Crippen LogP contribution in [0.5, 0.6) is 0 Å². The third-order valence-corrected chi connectivity index (χ3v) is 5.52. The Balaban J connectivity index is 2.58. The number of ketones is 1. The van der Waals surface area contributed by atoms with Gasteiger partial charge in [-0.15, -0.1) is 0 Å². The molecule has 1 aromatic carbocycles. The number of hydrogen-bond acceptors (Lipinski definition) is 1. The number of fused-ring (bicyclic) bond motifs is 3. The van der Waals surface area contributed by atoms with Crippen LogP contribution < -0.4 is 0 Å². The first kappa shape index (κ1) is 9.88. The van der Waals surface area contributed by atoms with Gasteiger partial charge in [0.25, 0.3) is 0 Å². The Labute approximate surface area is 99.2 Å². The number of aryl methyl sites for hydroxylation is 1. The Hall–Kier alpha value is -1.31. The molecule has 3 rings (SSSR count). The number of nitrogens with zero attached hydrogens (tertiary/aromatic N) is 1. The molecule has 0 aliphatic rings. The van der Waals surface area contributed by atoms with Gasteiger partial charge in [-0.3, -0.25) is 0 Å². The zero-order valence-corrected chi connectivity index (χ0v) is 10.9. The van der Waals surface area contributed by atoms with E-state index in [1.807, 2.05) is 19.3 Å². The average Bonchev–Trinajstić information content (AvgIpc) is 2.77. The molecule has 0 fully saturated rings. The average molecular weight is 276 g/mol. The van der Waals surface area contributed by atoms with E-state index in [-0.39, 0.29) is 5.78 Å². The van der Waals surface area contributed by atoms with Crippen molar-refractivity contribution in [3.05, 3.63) is 36.0 Å². The molecule has 2 nitrogen and oxygen atoms in total. The predicted octanol–water partition coefficient (Wildman–Crippen LogP) is 2.59. The predicted molar refractivity (Wildman–Crippen MR) is 67.4 cm³/mol. The Bertz CT molecular complexity index is 705. The number of aromatic nitrogens is 1. The summed E-state index contributed by atoms with van der Waals surface area (Å²) in [6, 6.07) is 8.40. The van der Waals surface area contributed by atoms with Gasteiger partial charge in [0.15, 0.2) is 0 Å². The third kappa shape index (κ3) is 1.22. The number of benzene rings is 1. The van der Waals surface area contributed by atoms with Crippen LogP contribution in [0.3, 0.4) is 0 Å². The molecule has 0 unspecified atom stereocenters. The van der Waals surface area contributed by atoms with Crippen LogP contribution in [0.25, 0.3) is 19.4 Å². The van der Waals surface area contributed by atoms with Crippen molar-refractivity contribution < 1.29 is 4.79 Å². The van der Waals surface area contributed by atoms with Crippen molar-refractivity contribution in [1.29, 1.82) is 0 Å². The molecule has 2 aromatic heterocycles. The van der Waals surface area contributed by atoms with Gasteiger partial charge in [0.05, 0.1) is 0 Å². The number of hydrogen-bond donors (Lipinski definition) is 0. The maximum atomic E-state index is 11.6. The van der Waals surface area contributed by atoms with Crippen molar-refractivity contribution >= 4 is 39.7 Å². The molecular formula is C13H11NOSe. The summed E-state index contributed by atoms with van der Waals surface area (Å²) in [6.45, 7) is 1.64. The number of carbonyl (C=O) groups is 1. The number of carbonyl (C=O) groups excluding carboxylic acids is 1. The summed E-state index contributed by atoms with van der Waals surface area (Å²) in [5, 5.41) is 2.42. The molecule has 0 spiro atoms. The summed E-state index contributed by atoms with van der Waals surface area (Å²) in [7, 11) is 2.03. The van der Waals surface area contributed by atoms with E-state index in [1.165, 1.54) is 19.4 Å². The number of Topliss-reactive ketones (excluding diaryl/α,β-unsaturated/α-hetero) is 1. The first-order valence-electron chi connectivity index (χ1n) is 5.16. The van der Waals surface area contributed by atoms with E-state index < -0.39 is 0 Å². The van der Waals surface area contributed by atoms with Crippen LogP contribution in [0.1, 0.15) is 17.3 Å². The van der Waals surface area contributed by atoms with Crippen LogP contribution in [0, 0.1) is 0 Å². The van der Waals surface area contributed by atoms with Gasteiger partial charge >= 0.3 is 99.1 Å². The first-order valence-corrected chi connectivity index (χ1v) is 6.87. The van der Waals surface area contributed by atoms with Crippen LogP contribution >= 0.6 is 0 Å². The SMILES string of the molecule is CC(=O)c1cn(C)c2[se]c3ccccc3c12. The summed E-state index contributed by atoms with van der Waals surface area (Å²) in [4.78, 5) is 11.6. The van der Waals surface area contributed by atoms with Gasteiger partial charge in [0, 0.05) is 0 Å². The van der Waals surface area contributed by atoms with E-state index in [0.29, 0.717) is 14.5 Å². The van der Waals surface area contributed by atoms with Crippen LogP contribution in [-0.2, 0) is 7.05 Å². The van der Waals surface area contributed by atoms with Crippen molar-refractivity contribution in [3.8, 4) is 0 Å². The minimum atomic E-state index is 0.157. The van der Waals surface area contributed by atoms with E-state index in [0.717, 1.165) is 5.56 Å². The van der Waals surface area contributed by atoms with Gasteiger partial charge in [-0.25, -0.2) is 0 Å². The molecule has 80 valence electrons. The first-order chi connectivity index (χ1) is 7.68. The van der Waals surface area contributed by atoms with Crippen LogP contribution in [0.15, 0.2) is 30.5 Å². The molecule has 16 heavy (non-hydrogen) atoms. The van der Waals surface area contributed by atoms with Crippen LogP contribution in [0.2, 0.25) is 0 Å². The van der Waals surface area contributed by atoms with Gasteiger partial charge in [0.2, 0.25) is 0 Å². The van der Waals surface area contributed by atoms with Crippen molar-refractivity contribution in [1.82, 2.24) is 4.57 Å². The summed E-state index contributed by atoms with van der Waals surface area (Å²) in [6.07, 6.45) is 1.96. The summed E-state index contributed by atoms with van der Waals surface area (Å²) in [5.41, 5.74) is 0.865. The second kappa shape index (κ2) is 3.34. The van der Waals surface area contributed by atoms with E-state index in [1.54, 1.807) is 6.92 Å². The zero-order chi connectivity index (χ0) is 11.3. The van der Waals surface area contributed by atoms with Crippen LogP contribution in [-0.4, -0.2) is 24.9 Å². The van der Waals surface area contributed by atoms with E-state index in [9.17, 15) is 4.79 Å². The minimum absolute atomic E-state index is 0.157. The normalized spacial score (nSPS) is 11.4. The summed E-state index contributed by atoms with van der Waals surface area (Å²) < 4.78 is 4.81. The summed E-state index contributed by atoms with van der Waals surface area (Å²) in [5.74, 6) is 0.157. The quantitative estimate of drug-likeness (QED) is 0.494. The molecule has 0 aliphatic heterocycles. The fourth-order valence-electron chi connectivity index (χ4n) is 2.12. The Morgan fingerprint density at radius 1 is 1.31 bits per heavy atom. The Kier molecular flexibility index (Phi) is 2.06. The standard InChI is InChI=1S/C13H11NOSe/c1-8(15)10-7-14(2)13-12(10)9-5-3-4-6-11(9)16-13/h3-7H,1-2H3. The molecule has 0 bridgehead atoms. The molecule has 0 saturated carbocycles. The van der Waals surface area contributed by atoms with Crippen molar-refractivity contribution in [2.24, 2.45) is 7.05 Å². The molecule has 0 radical (unpaired) electrons. The number of rotatable bonds is 1. The molecule has 0 aliphatic carbocycles. The molecule has 0 N–H and O–H groups in total. The monoisotopic (exact) mass is 277 g/mol. The second-order valence-electron chi connectivity index (χ2n) is 3.99. The topological polar surface area (TPSA) is 22.0 Å². The molecular weight excluding hydrogens is 265 g/mol. The molecule has 3 heteroatoms. The zero-order valence-electron chi connectivity index (χ0n) is 9.15. The maximum absolute atomic E-state index is 11.6.